The van der Waals surface area contributed by atoms with Crippen LogP contribution in [-0.4, -0.2) is 63.4 Å². The fourth-order valence-corrected chi connectivity index (χ4v) is 4.96. The Morgan fingerprint density at radius 2 is 1.87 bits per heavy atom. The van der Waals surface area contributed by atoms with Crippen LogP contribution in [-0.2, 0) is 0 Å². The summed E-state index contributed by atoms with van der Waals surface area (Å²) in [5.74, 6) is 1.69. The zero-order valence-corrected chi connectivity index (χ0v) is 22.3. The molecule has 12 heteroatoms. The lowest BCUT2D eigenvalue weighted by Gasteiger charge is -2.30. The Bertz CT molecular complexity index is 1410. The monoisotopic (exact) mass is 568 g/mol. The van der Waals surface area contributed by atoms with Crippen molar-refractivity contribution < 1.29 is 17.9 Å². The van der Waals surface area contributed by atoms with E-state index in [0.717, 1.165) is 5.39 Å². The summed E-state index contributed by atoms with van der Waals surface area (Å²) in [6, 6.07) is 10.9. The smallest absolute Gasteiger partial charge is 0.408 e. The van der Waals surface area contributed by atoms with Crippen molar-refractivity contribution in [2.75, 3.05) is 26.7 Å². The molecule has 0 bridgehead atoms. The molecule has 0 radical (unpaired) electrons. The summed E-state index contributed by atoms with van der Waals surface area (Å²) >= 11 is 0. The molecule has 7 nitrogen and oxygen atoms in total. The average molecular weight is 569 g/mol. The Labute approximate surface area is 230 Å². The van der Waals surface area contributed by atoms with Crippen LogP contribution in [0, 0.1) is 5.92 Å². The number of rotatable bonds is 7. The van der Waals surface area contributed by atoms with Crippen molar-refractivity contribution in [3.05, 3.63) is 54.2 Å². The third-order valence-electron chi connectivity index (χ3n) is 7.13. The average Bonchev–Trinajstić information content (AvgIpc) is 3.42. The third-order valence-corrected chi connectivity index (χ3v) is 7.13. The number of para-hydroxylation sites is 1. The van der Waals surface area contributed by atoms with Crippen molar-refractivity contribution in [1.29, 1.82) is 0 Å². The number of benzene rings is 1. The first-order valence-electron chi connectivity index (χ1n) is 12.3. The molecule has 1 aliphatic carbocycles. The molecule has 204 valence electrons. The third kappa shape index (κ3) is 5.54. The van der Waals surface area contributed by atoms with Crippen molar-refractivity contribution in [1.82, 2.24) is 29.8 Å². The van der Waals surface area contributed by atoms with Crippen LogP contribution in [0.15, 0.2) is 48.7 Å². The van der Waals surface area contributed by atoms with Crippen LogP contribution in [0.1, 0.15) is 30.9 Å². The minimum Gasteiger partial charge on any atom is -0.491 e. The lowest BCUT2D eigenvalue weighted by molar-refractivity contribution is -0.184. The van der Waals surface area contributed by atoms with Gasteiger partial charge in [0.15, 0.2) is 11.5 Å². The minimum absolute atomic E-state index is 0. The number of ether oxygens (including phenoxy) is 1. The molecular formula is C26H29Cl2F3N6O. The van der Waals surface area contributed by atoms with E-state index >= 15 is 0 Å². The van der Waals surface area contributed by atoms with Crippen LogP contribution in [0.3, 0.4) is 0 Å². The zero-order valence-electron chi connectivity index (χ0n) is 20.7. The van der Waals surface area contributed by atoms with E-state index < -0.39 is 12.2 Å². The summed E-state index contributed by atoms with van der Waals surface area (Å²) in [6.07, 6.45) is 0.124. The van der Waals surface area contributed by atoms with Crippen molar-refractivity contribution >= 4 is 41.4 Å². The van der Waals surface area contributed by atoms with E-state index in [-0.39, 0.29) is 36.4 Å². The molecule has 2 aliphatic rings. The highest BCUT2D eigenvalue weighted by Gasteiger charge is 2.46. The predicted octanol–water partition coefficient (Wildman–Crippen LogP) is 5.47. The number of alkyl halides is 3. The van der Waals surface area contributed by atoms with Crippen LogP contribution in [0.5, 0.6) is 5.75 Å². The lowest BCUT2D eigenvalue weighted by atomic mass is 10.1. The molecule has 1 unspecified atom stereocenters. The molecule has 6 rings (SSSR count). The van der Waals surface area contributed by atoms with Crippen molar-refractivity contribution in [3.8, 4) is 17.3 Å². The fraction of sp³-hybridized carbons (Fsp3) is 0.423. The van der Waals surface area contributed by atoms with E-state index in [1.807, 2.05) is 30.3 Å². The Hall–Kier alpha value is -2.66. The summed E-state index contributed by atoms with van der Waals surface area (Å²) in [6.45, 7) is 1.37. The molecular weight excluding hydrogens is 540 g/mol. The number of nitrogens with zero attached hydrogens (tertiary/aromatic N) is 5. The van der Waals surface area contributed by atoms with Gasteiger partial charge < -0.3 is 10.1 Å². The van der Waals surface area contributed by atoms with Gasteiger partial charge in [-0.1, -0.05) is 24.3 Å². The highest BCUT2D eigenvalue weighted by Crippen LogP contribution is 2.40. The quantitative estimate of drug-likeness (QED) is 0.318. The Morgan fingerprint density at radius 1 is 1.05 bits per heavy atom. The first-order chi connectivity index (χ1) is 17.4. The van der Waals surface area contributed by atoms with Gasteiger partial charge in [0, 0.05) is 30.7 Å². The van der Waals surface area contributed by atoms with E-state index in [2.05, 4.69) is 15.5 Å². The Kier molecular flexibility index (Phi) is 8.37. The van der Waals surface area contributed by atoms with Crippen LogP contribution < -0.4 is 10.1 Å². The van der Waals surface area contributed by atoms with Gasteiger partial charge in [-0.3, -0.25) is 9.30 Å². The SMILES string of the molecule is CN[C@H]1CCN(C(c2ccc3nnc(-c4ccc5cccc(OCC6CC6)c5n4)n3c2)C(F)(F)F)C1.Cl.Cl. The highest BCUT2D eigenvalue weighted by atomic mass is 35.5. The van der Waals surface area contributed by atoms with Crippen molar-refractivity contribution in [2.24, 2.45) is 5.92 Å². The number of nitrogens with one attached hydrogen (secondary N) is 1. The lowest BCUT2D eigenvalue weighted by Crippen LogP contribution is -2.39. The summed E-state index contributed by atoms with van der Waals surface area (Å²) in [7, 11) is 1.78. The second-order valence-corrected chi connectivity index (χ2v) is 9.71. The van der Waals surface area contributed by atoms with Gasteiger partial charge in [-0.05, 0) is 56.0 Å². The van der Waals surface area contributed by atoms with Gasteiger partial charge in [-0.25, -0.2) is 4.98 Å². The number of likely N-dealkylation sites (tertiary alicyclic amines) is 1. The van der Waals surface area contributed by atoms with Gasteiger partial charge in [0.05, 0.1) is 6.61 Å². The number of hydrogen-bond donors (Lipinski definition) is 1. The largest absolute Gasteiger partial charge is 0.491 e. The van der Waals surface area contributed by atoms with E-state index in [0.29, 0.717) is 60.5 Å². The predicted molar refractivity (Wildman–Crippen MR) is 144 cm³/mol. The van der Waals surface area contributed by atoms with Crippen molar-refractivity contribution in [2.45, 2.75) is 37.5 Å². The second-order valence-electron chi connectivity index (χ2n) is 9.71. The number of likely N-dealkylation sites (N-methyl/N-ethyl adjacent to an activating group) is 1. The number of halogens is 5. The fourth-order valence-electron chi connectivity index (χ4n) is 4.96. The van der Waals surface area contributed by atoms with Crippen LogP contribution >= 0.6 is 24.8 Å². The summed E-state index contributed by atoms with van der Waals surface area (Å²) in [4.78, 5) is 6.29. The summed E-state index contributed by atoms with van der Waals surface area (Å²) in [5, 5.41) is 12.5. The molecule has 3 aromatic heterocycles. The normalized spacial score (nSPS) is 18.8. The molecule has 0 amide bonds. The van der Waals surface area contributed by atoms with Gasteiger partial charge in [-0.15, -0.1) is 35.0 Å². The number of hydrogen-bond acceptors (Lipinski definition) is 6. The first-order valence-corrected chi connectivity index (χ1v) is 12.3. The van der Waals surface area contributed by atoms with Gasteiger partial charge in [0.25, 0.3) is 0 Å². The highest BCUT2D eigenvalue weighted by molar-refractivity contribution is 5.86. The van der Waals surface area contributed by atoms with Gasteiger partial charge >= 0.3 is 6.18 Å². The maximum Gasteiger partial charge on any atom is 0.408 e. The number of fused-ring (bicyclic) bond motifs is 2. The van der Waals surface area contributed by atoms with E-state index in [1.165, 1.54) is 30.0 Å². The first kappa shape index (κ1) is 28.4. The zero-order chi connectivity index (χ0) is 24.9. The molecule has 38 heavy (non-hydrogen) atoms. The number of pyridine rings is 2. The molecule has 2 fully saturated rings. The molecule has 1 aliphatic heterocycles. The maximum atomic E-state index is 14.3. The molecule has 1 saturated carbocycles. The molecule has 4 aromatic rings. The maximum absolute atomic E-state index is 14.3. The molecule has 1 saturated heterocycles. The van der Waals surface area contributed by atoms with E-state index in [9.17, 15) is 13.2 Å². The Morgan fingerprint density at radius 3 is 2.58 bits per heavy atom. The Balaban J connectivity index is 0.00000168. The second kappa shape index (κ2) is 11.2. The van der Waals surface area contributed by atoms with Gasteiger partial charge in [0.2, 0.25) is 0 Å². The topological polar surface area (TPSA) is 67.6 Å². The summed E-state index contributed by atoms with van der Waals surface area (Å²) in [5.41, 5.74) is 1.84. The number of aromatic nitrogens is 4. The molecule has 2 atom stereocenters. The van der Waals surface area contributed by atoms with Gasteiger partial charge in [-0.2, -0.15) is 13.2 Å². The van der Waals surface area contributed by atoms with E-state index in [4.69, 9.17) is 9.72 Å². The molecule has 4 heterocycles. The van der Waals surface area contributed by atoms with Crippen molar-refractivity contribution in [3.63, 3.8) is 0 Å². The van der Waals surface area contributed by atoms with E-state index in [1.54, 1.807) is 17.5 Å². The molecule has 0 spiro atoms. The summed E-state index contributed by atoms with van der Waals surface area (Å²) < 4.78 is 50.4. The van der Waals surface area contributed by atoms with Gasteiger partial charge in [0.1, 0.15) is 23.0 Å². The minimum atomic E-state index is -4.42. The van der Waals surface area contributed by atoms with Crippen LogP contribution in [0.25, 0.3) is 28.1 Å². The molecule has 1 aromatic carbocycles. The van der Waals surface area contributed by atoms with Crippen LogP contribution in [0.4, 0.5) is 13.2 Å². The van der Waals surface area contributed by atoms with Crippen LogP contribution in [0.2, 0.25) is 0 Å². The standard InChI is InChI=1S/C26H27F3N6O.2ClH/c1-30-19-11-12-34(14-19)24(26(27,28)29)18-8-10-22-32-33-25(35(22)13-18)20-9-7-17-3-2-4-21(23(17)31-20)36-15-16-5-6-16;;/h2-4,7-10,13,16,19,24,30H,5-6,11-12,14-15H2,1H3;2*1H/t19-,24?;;/m0../s1. The molecule has 1 N–H and O–H groups in total.